The van der Waals surface area contributed by atoms with Gasteiger partial charge in [0.2, 0.25) is 0 Å². The molecule has 0 atom stereocenters. The fraction of sp³-hybridized carbons (Fsp3) is 0.0182. The second-order valence-electron chi connectivity index (χ2n) is 14.9. The van der Waals surface area contributed by atoms with Crippen molar-refractivity contribution in [2.45, 2.75) is 5.41 Å². The molecule has 57 heavy (non-hydrogen) atoms. The number of benzene rings is 9. The van der Waals surface area contributed by atoms with Crippen LogP contribution in [0.25, 0.3) is 66.4 Å². The van der Waals surface area contributed by atoms with E-state index in [-0.39, 0.29) is 0 Å². The van der Waals surface area contributed by atoms with E-state index >= 15 is 0 Å². The van der Waals surface area contributed by atoms with E-state index in [0.29, 0.717) is 0 Å². The maximum absolute atomic E-state index is 6.22. The van der Waals surface area contributed by atoms with Crippen LogP contribution in [0.1, 0.15) is 22.3 Å². The Morgan fingerprint density at radius 3 is 1.72 bits per heavy atom. The van der Waals surface area contributed by atoms with Gasteiger partial charge in [0.1, 0.15) is 11.2 Å². The highest BCUT2D eigenvalue weighted by atomic mass is 16.3. The van der Waals surface area contributed by atoms with Gasteiger partial charge in [0.25, 0.3) is 0 Å². The Balaban J connectivity index is 1.08. The number of furan rings is 1. The van der Waals surface area contributed by atoms with Crippen molar-refractivity contribution in [1.82, 2.24) is 0 Å². The number of hydrogen-bond acceptors (Lipinski definition) is 2. The normalized spacial score (nSPS) is 12.7. The van der Waals surface area contributed by atoms with Crippen molar-refractivity contribution in [3.8, 4) is 44.5 Å². The Bertz CT molecular complexity index is 3050. The molecule has 0 bridgehead atoms. The molecule has 1 aliphatic carbocycles. The van der Waals surface area contributed by atoms with Gasteiger partial charge in [0, 0.05) is 22.1 Å². The summed E-state index contributed by atoms with van der Waals surface area (Å²) in [5.41, 5.74) is 18.1. The monoisotopic (exact) mass is 727 g/mol. The highest BCUT2D eigenvalue weighted by Crippen LogP contribution is 2.56. The minimum absolute atomic E-state index is 0.456. The van der Waals surface area contributed by atoms with Crippen molar-refractivity contribution in [2.24, 2.45) is 0 Å². The zero-order valence-corrected chi connectivity index (χ0v) is 31.2. The van der Waals surface area contributed by atoms with Crippen LogP contribution in [0.2, 0.25) is 0 Å². The summed E-state index contributed by atoms with van der Waals surface area (Å²) in [4.78, 5) is 0. The maximum Gasteiger partial charge on any atom is 0.135 e. The molecule has 1 heterocycles. The van der Waals surface area contributed by atoms with Gasteiger partial charge < -0.3 is 9.73 Å². The van der Waals surface area contributed by atoms with Crippen molar-refractivity contribution in [3.63, 3.8) is 0 Å². The molecule has 1 aromatic heterocycles. The largest absolute Gasteiger partial charge is 0.456 e. The molecule has 0 amide bonds. The lowest BCUT2D eigenvalue weighted by atomic mass is 9.67. The first-order valence-electron chi connectivity index (χ1n) is 19.6. The van der Waals surface area contributed by atoms with Crippen molar-refractivity contribution in [2.75, 3.05) is 5.32 Å². The molecule has 11 rings (SSSR count). The molecule has 0 fully saturated rings. The van der Waals surface area contributed by atoms with Crippen LogP contribution in [0.4, 0.5) is 11.4 Å². The van der Waals surface area contributed by atoms with Crippen molar-refractivity contribution in [3.05, 3.63) is 241 Å². The quantitative estimate of drug-likeness (QED) is 0.177. The Morgan fingerprint density at radius 2 is 0.912 bits per heavy atom. The summed E-state index contributed by atoms with van der Waals surface area (Å²) in [6.45, 7) is 0. The zero-order chi connectivity index (χ0) is 37.8. The molecule has 2 nitrogen and oxygen atoms in total. The standard InChI is InChI=1S/C55H37NO/c1-4-17-41(18-5-1)55(42-19-6-2-7-20-42)51-25-12-10-23-46(51)47-30-27-38(35-52(47)55)37-15-14-16-39(33-37)49-36-44(56-43-21-8-3-9-22-43)29-31-45(49)40-28-32-54-50(34-40)48-24-11-13-26-53(48)57-54/h1-36,56H. The van der Waals surface area contributed by atoms with E-state index in [1.165, 1.54) is 44.5 Å². The lowest BCUT2D eigenvalue weighted by Crippen LogP contribution is -2.28. The summed E-state index contributed by atoms with van der Waals surface area (Å²) in [5.74, 6) is 0. The topological polar surface area (TPSA) is 25.2 Å². The van der Waals surface area contributed by atoms with E-state index in [0.717, 1.165) is 55.6 Å². The van der Waals surface area contributed by atoms with E-state index < -0.39 is 5.41 Å². The van der Waals surface area contributed by atoms with Crippen molar-refractivity contribution in [1.29, 1.82) is 0 Å². The first-order chi connectivity index (χ1) is 28.2. The summed E-state index contributed by atoms with van der Waals surface area (Å²) < 4.78 is 6.22. The van der Waals surface area contributed by atoms with Crippen LogP contribution in [-0.2, 0) is 5.41 Å². The van der Waals surface area contributed by atoms with E-state index in [4.69, 9.17) is 4.42 Å². The molecule has 1 N–H and O–H groups in total. The first-order valence-corrected chi connectivity index (χ1v) is 19.6. The number of fused-ring (bicyclic) bond motifs is 6. The zero-order valence-electron chi connectivity index (χ0n) is 31.2. The summed E-state index contributed by atoms with van der Waals surface area (Å²) in [6.07, 6.45) is 0. The lowest BCUT2D eigenvalue weighted by molar-refractivity contribution is 0.669. The smallest absolute Gasteiger partial charge is 0.135 e. The van der Waals surface area contributed by atoms with Crippen molar-refractivity contribution < 1.29 is 4.42 Å². The van der Waals surface area contributed by atoms with Crippen LogP contribution < -0.4 is 5.32 Å². The molecule has 0 unspecified atom stereocenters. The van der Waals surface area contributed by atoms with Gasteiger partial charge in [-0.15, -0.1) is 0 Å². The molecule has 0 spiro atoms. The maximum atomic E-state index is 6.22. The van der Waals surface area contributed by atoms with Crippen LogP contribution in [0.5, 0.6) is 0 Å². The van der Waals surface area contributed by atoms with Gasteiger partial charge in [-0.25, -0.2) is 0 Å². The summed E-state index contributed by atoms with van der Waals surface area (Å²) in [6, 6.07) is 79.0. The summed E-state index contributed by atoms with van der Waals surface area (Å²) >= 11 is 0. The van der Waals surface area contributed by atoms with Gasteiger partial charge in [-0.05, 0) is 121 Å². The van der Waals surface area contributed by atoms with Crippen LogP contribution in [0.15, 0.2) is 223 Å². The SMILES string of the molecule is c1ccc(Nc2ccc(-c3ccc4oc5ccccc5c4c3)c(-c3cccc(-c4ccc5c(c4)C(c4ccccc4)(c4ccccc4)c4ccccc4-5)c3)c2)cc1. The molecule has 2 heteroatoms. The molecule has 0 aliphatic heterocycles. The fourth-order valence-corrected chi connectivity index (χ4v) is 9.18. The molecule has 268 valence electrons. The molecule has 0 saturated heterocycles. The Hall–Kier alpha value is -7.42. The molecule has 1 aliphatic rings. The second-order valence-corrected chi connectivity index (χ2v) is 14.9. The number of hydrogen-bond donors (Lipinski definition) is 1. The molecule has 0 saturated carbocycles. The summed E-state index contributed by atoms with van der Waals surface area (Å²) in [5, 5.41) is 5.90. The highest BCUT2D eigenvalue weighted by Gasteiger charge is 2.46. The second kappa shape index (κ2) is 13.4. The molecule has 10 aromatic rings. The summed E-state index contributed by atoms with van der Waals surface area (Å²) in [7, 11) is 0. The van der Waals surface area contributed by atoms with E-state index in [1.807, 2.05) is 18.2 Å². The van der Waals surface area contributed by atoms with Crippen LogP contribution in [0, 0.1) is 0 Å². The van der Waals surface area contributed by atoms with Gasteiger partial charge in [-0.1, -0.05) is 164 Å². The van der Waals surface area contributed by atoms with Crippen molar-refractivity contribution >= 4 is 33.3 Å². The average molecular weight is 728 g/mol. The minimum Gasteiger partial charge on any atom is -0.456 e. The predicted octanol–water partition coefficient (Wildman–Crippen LogP) is 14.7. The number of rotatable bonds is 7. The van der Waals surface area contributed by atoms with Gasteiger partial charge >= 0.3 is 0 Å². The van der Waals surface area contributed by atoms with Gasteiger partial charge in [-0.2, -0.15) is 0 Å². The van der Waals surface area contributed by atoms with Crippen LogP contribution >= 0.6 is 0 Å². The number of anilines is 2. The Morgan fingerprint density at radius 1 is 0.316 bits per heavy atom. The molecular weight excluding hydrogens is 691 g/mol. The lowest BCUT2D eigenvalue weighted by Gasteiger charge is -2.34. The Labute approximate surface area is 332 Å². The predicted molar refractivity (Wildman–Crippen MR) is 237 cm³/mol. The first kappa shape index (κ1) is 33.0. The third-order valence-corrected chi connectivity index (χ3v) is 11.7. The third-order valence-electron chi connectivity index (χ3n) is 11.7. The van der Waals surface area contributed by atoms with E-state index in [2.05, 4.69) is 206 Å². The van der Waals surface area contributed by atoms with Gasteiger partial charge in [0.15, 0.2) is 0 Å². The molecule has 9 aromatic carbocycles. The van der Waals surface area contributed by atoms with E-state index in [1.54, 1.807) is 0 Å². The Kier molecular flexibility index (Phi) is 7.75. The third kappa shape index (κ3) is 5.41. The van der Waals surface area contributed by atoms with Crippen LogP contribution in [0.3, 0.4) is 0 Å². The fourth-order valence-electron chi connectivity index (χ4n) is 9.18. The number of para-hydroxylation sites is 2. The van der Waals surface area contributed by atoms with Gasteiger partial charge in [-0.3, -0.25) is 0 Å². The average Bonchev–Trinajstić information content (AvgIpc) is 3.80. The number of nitrogens with one attached hydrogen (secondary N) is 1. The minimum atomic E-state index is -0.456. The molecular formula is C55H37NO. The molecule has 0 radical (unpaired) electrons. The van der Waals surface area contributed by atoms with E-state index in [9.17, 15) is 0 Å². The highest BCUT2D eigenvalue weighted by molar-refractivity contribution is 6.07. The van der Waals surface area contributed by atoms with Gasteiger partial charge in [0.05, 0.1) is 5.41 Å². The van der Waals surface area contributed by atoms with Crippen LogP contribution in [-0.4, -0.2) is 0 Å².